The Hall–Kier alpha value is -2.47. The third-order valence-corrected chi connectivity index (χ3v) is 3.33. The van der Waals surface area contributed by atoms with E-state index in [9.17, 15) is 9.59 Å². The predicted molar refractivity (Wildman–Crippen MR) is 82.0 cm³/mol. The van der Waals surface area contributed by atoms with E-state index in [4.69, 9.17) is 16.3 Å². The highest BCUT2D eigenvalue weighted by Gasteiger charge is 2.22. The van der Waals surface area contributed by atoms with Crippen molar-refractivity contribution in [2.24, 2.45) is 0 Å². The fourth-order valence-corrected chi connectivity index (χ4v) is 2.12. The van der Waals surface area contributed by atoms with Crippen molar-refractivity contribution in [3.63, 3.8) is 0 Å². The summed E-state index contributed by atoms with van der Waals surface area (Å²) in [6, 6.07) is 8.73. The Bertz CT molecular complexity index is 664. The van der Waals surface area contributed by atoms with E-state index >= 15 is 0 Å². The van der Waals surface area contributed by atoms with Gasteiger partial charge in [0.15, 0.2) is 6.29 Å². The first kappa shape index (κ1) is 15.9. The number of methoxy groups -OCH3 is 1. The van der Waals surface area contributed by atoms with Crippen molar-refractivity contribution in [1.82, 2.24) is 9.97 Å². The summed E-state index contributed by atoms with van der Waals surface area (Å²) in [5.74, 6) is -0.267. The Morgan fingerprint density at radius 1 is 1.36 bits per heavy atom. The maximum atomic E-state index is 12.0. The van der Waals surface area contributed by atoms with Crippen molar-refractivity contribution in [1.29, 1.82) is 0 Å². The molecule has 0 bridgehead atoms. The van der Waals surface area contributed by atoms with Crippen molar-refractivity contribution in [2.75, 3.05) is 12.4 Å². The molecule has 114 valence electrons. The van der Waals surface area contributed by atoms with Crippen molar-refractivity contribution < 1.29 is 14.3 Å². The minimum atomic E-state index is -0.697. The lowest BCUT2D eigenvalue weighted by molar-refractivity contribution is -0.141. The number of aldehydes is 1. The molecule has 0 fully saturated rings. The minimum absolute atomic E-state index is 0.0239. The second-order valence-corrected chi connectivity index (χ2v) is 4.81. The number of ether oxygens (including phenoxy) is 1. The van der Waals surface area contributed by atoms with E-state index in [2.05, 4.69) is 15.3 Å². The molecule has 1 atom stereocenters. The van der Waals surface area contributed by atoms with Crippen LogP contribution in [0.2, 0.25) is 5.15 Å². The van der Waals surface area contributed by atoms with Gasteiger partial charge in [-0.2, -0.15) is 0 Å². The Kier molecular flexibility index (Phi) is 5.43. The number of halogens is 1. The van der Waals surface area contributed by atoms with Gasteiger partial charge in [-0.15, -0.1) is 0 Å². The Balaban J connectivity index is 2.26. The molecule has 2 rings (SSSR count). The second-order valence-electron chi connectivity index (χ2n) is 4.45. The number of carbonyl (C=O) groups is 2. The van der Waals surface area contributed by atoms with E-state index in [-0.39, 0.29) is 16.5 Å². The molecule has 6 nitrogen and oxygen atoms in total. The topological polar surface area (TPSA) is 81.2 Å². The third-order valence-electron chi connectivity index (χ3n) is 3.03. The molecule has 1 aromatic carbocycles. The standard InChI is InChI=1S/C15H14ClN3O3/c1-22-15(21)12(7-10-5-3-2-4-6-10)19-14-11(8-20)13(16)17-9-18-14/h2-6,8-9,12H,7H2,1H3,(H,17,18,19). The molecule has 22 heavy (non-hydrogen) atoms. The van der Waals surface area contributed by atoms with Gasteiger partial charge < -0.3 is 10.1 Å². The number of esters is 1. The van der Waals surface area contributed by atoms with Crippen LogP contribution in [0.25, 0.3) is 0 Å². The van der Waals surface area contributed by atoms with Gasteiger partial charge in [-0.3, -0.25) is 4.79 Å². The molecular weight excluding hydrogens is 306 g/mol. The highest BCUT2D eigenvalue weighted by atomic mass is 35.5. The van der Waals surface area contributed by atoms with Gasteiger partial charge in [0.2, 0.25) is 0 Å². The van der Waals surface area contributed by atoms with Gasteiger partial charge in [0.25, 0.3) is 0 Å². The summed E-state index contributed by atoms with van der Waals surface area (Å²) in [5.41, 5.74) is 1.05. The number of nitrogens with one attached hydrogen (secondary N) is 1. The smallest absolute Gasteiger partial charge is 0.328 e. The number of hydrogen-bond acceptors (Lipinski definition) is 6. The molecule has 1 aromatic heterocycles. The monoisotopic (exact) mass is 319 g/mol. The van der Waals surface area contributed by atoms with Gasteiger partial charge in [-0.1, -0.05) is 41.9 Å². The van der Waals surface area contributed by atoms with E-state index in [1.807, 2.05) is 30.3 Å². The first-order valence-electron chi connectivity index (χ1n) is 6.49. The van der Waals surface area contributed by atoms with Crippen LogP contribution in [-0.2, 0) is 16.0 Å². The van der Waals surface area contributed by atoms with Crippen LogP contribution in [-0.4, -0.2) is 35.4 Å². The maximum absolute atomic E-state index is 12.0. The Labute approximate surface area is 132 Å². The van der Waals surface area contributed by atoms with Gasteiger partial charge in [-0.05, 0) is 5.56 Å². The molecule has 7 heteroatoms. The van der Waals surface area contributed by atoms with Crippen molar-refractivity contribution in [2.45, 2.75) is 12.5 Å². The molecule has 1 N–H and O–H groups in total. The quantitative estimate of drug-likeness (QED) is 0.499. The zero-order valence-electron chi connectivity index (χ0n) is 11.8. The highest BCUT2D eigenvalue weighted by Crippen LogP contribution is 2.19. The lowest BCUT2D eigenvalue weighted by Gasteiger charge is -2.18. The summed E-state index contributed by atoms with van der Waals surface area (Å²) in [6.45, 7) is 0. The highest BCUT2D eigenvalue weighted by molar-refractivity contribution is 6.32. The maximum Gasteiger partial charge on any atom is 0.328 e. The molecule has 0 aliphatic heterocycles. The molecule has 0 saturated carbocycles. The van der Waals surface area contributed by atoms with E-state index in [0.717, 1.165) is 5.56 Å². The largest absolute Gasteiger partial charge is 0.467 e. The van der Waals surface area contributed by atoms with Gasteiger partial charge in [-0.25, -0.2) is 14.8 Å². The molecule has 0 aliphatic rings. The molecule has 0 amide bonds. The fraction of sp³-hybridized carbons (Fsp3) is 0.200. The number of hydrogen-bond donors (Lipinski definition) is 1. The van der Waals surface area contributed by atoms with E-state index in [0.29, 0.717) is 12.7 Å². The lowest BCUT2D eigenvalue weighted by Crippen LogP contribution is -2.33. The molecule has 1 heterocycles. The van der Waals surface area contributed by atoms with Crippen molar-refractivity contribution >= 4 is 29.7 Å². The molecular formula is C15H14ClN3O3. The van der Waals surface area contributed by atoms with E-state index in [1.165, 1.54) is 13.4 Å². The second kappa shape index (κ2) is 7.51. The summed E-state index contributed by atoms with van der Waals surface area (Å²) >= 11 is 5.85. The fourth-order valence-electron chi connectivity index (χ4n) is 1.94. The van der Waals surface area contributed by atoms with Crippen LogP contribution in [0.1, 0.15) is 15.9 Å². The van der Waals surface area contributed by atoms with Crippen LogP contribution < -0.4 is 5.32 Å². The zero-order chi connectivity index (χ0) is 15.9. The summed E-state index contributed by atoms with van der Waals surface area (Å²) in [5, 5.41) is 2.92. The van der Waals surface area contributed by atoms with Crippen LogP contribution in [0.4, 0.5) is 5.82 Å². The van der Waals surface area contributed by atoms with Gasteiger partial charge in [0, 0.05) is 6.42 Å². The Morgan fingerprint density at radius 2 is 2.09 bits per heavy atom. The summed E-state index contributed by atoms with van der Waals surface area (Å²) < 4.78 is 4.79. The van der Waals surface area contributed by atoms with Gasteiger partial charge in [0.05, 0.1) is 12.7 Å². The first-order valence-corrected chi connectivity index (χ1v) is 6.87. The van der Waals surface area contributed by atoms with Gasteiger partial charge in [0.1, 0.15) is 23.3 Å². The van der Waals surface area contributed by atoms with Crippen LogP contribution >= 0.6 is 11.6 Å². The average molecular weight is 320 g/mol. The first-order chi connectivity index (χ1) is 10.7. The minimum Gasteiger partial charge on any atom is -0.467 e. The number of rotatable bonds is 6. The predicted octanol–water partition coefficient (Wildman–Crippen LogP) is 2.14. The van der Waals surface area contributed by atoms with Crippen LogP contribution in [0.3, 0.4) is 0 Å². The van der Waals surface area contributed by atoms with Crippen molar-refractivity contribution in [3.05, 3.63) is 52.9 Å². The summed E-state index contributed by atoms with van der Waals surface area (Å²) in [6.07, 6.45) is 2.14. The molecule has 0 saturated heterocycles. The normalized spacial score (nSPS) is 11.5. The van der Waals surface area contributed by atoms with Crippen LogP contribution in [0, 0.1) is 0 Å². The molecule has 2 aromatic rings. The van der Waals surface area contributed by atoms with E-state index < -0.39 is 12.0 Å². The molecule has 0 radical (unpaired) electrons. The SMILES string of the molecule is COC(=O)C(Cc1ccccc1)Nc1ncnc(Cl)c1C=O. The lowest BCUT2D eigenvalue weighted by atomic mass is 10.1. The third kappa shape index (κ3) is 3.79. The van der Waals surface area contributed by atoms with Crippen LogP contribution in [0.15, 0.2) is 36.7 Å². The number of benzene rings is 1. The molecule has 0 aliphatic carbocycles. The van der Waals surface area contributed by atoms with Crippen LogP contribution in [0.5, 0.6) is 0 Å². The summed E-state index contributed by atoms with van der Waals surface area (Å²) in [7, 11) is 1.30. The summed E-state index contributed by atoms with van der Waals surface area (Å²) in [4.78, 5) is 30.8. The molecule has 0 spiro atoms. The van der Waals surface area contributed by atoms with E-state index in [1.54, 1.807) is 0 Å². The molecule has 1 unspecified atom stereocenters. The zero-order valence-corrected chi connectivity index (χ0v) is 12.6. The number of nitrogens with zero attached hydrogens (tertiary/aromatic N) is 2. The average Bonchev–Trinajstić information content (AvgIpc) is 2.54. The number of anilines is 1. The van der Waals surface area contributed by atoms with Gasteiger partial charge >= 0.3 is 5.97 Å². The van der Waals surface area contributed by atoms with Crippen molar-refractivity contribution in [3.8, 4) is 0 Å². The number of aromatic nitrogens is 2. The number of carbonyl (C=O) groups excluding carboxylic acids is 2. The Morgan fingerprint density at radius 3 is 2.73 bits per heavy atom.